The molecule has 3 rings (SSSR count). The molecule has 2 heterocycles. The van der Waals surface area contributed by atoms with Crippen LogP contribution in [0.1, 0.15) is 20.8 Å². The molecule has 2 amide bonds. The van der Waals surface area contributed by atoms with Crippen LogP contribution in [0.25, 0.3) is 5.57 Å². The number of rotatable bonds is 3. The van der Waals surface area contributed by atoms with Gasteiger partial charge in [0.15, 0.2) is 6.29 Å². The van der Waals surface area contributed by atoms with E-state index in [0.29, 0.717) is 35.1 Å². The quantitative estimate of drug-likeness (QED) is 0.837. The number of hydrogen-bond donors (Lipinski definition) is 1. The molecule has 0 radical (unpaired) electrons. The van der Waals surface area contributed by atoms with Gasteiger partial charge in [-0.15, -0.1) is 0 Å². The van der Waals surface area contributed by atoms with Crippen molar-refractivity contribution in [1.82, 2.24) is 0 Å². The van der Waals surface area contributed by atoms with Gasteiger partial charge in [-0.25, -0.2) is 4.99 Å². The lowest BCUT2D eigenvalue weighted by Crippen LogP contribution is -2.41. The Labute approximate surface area is 139 Å². The maximum atomic E-state index is 12.3. The molecule has 0 unspecified atom stereocenters. The summed E-state index contributed by atoms with van der Waals surface area (Å²) in [6, 6.07) is 5.15. The van der Waals surface area contributed by atoms with Crippen LogP contribution in [0.5, 0.6) is 0 Å². The van der Waals surface area contributed by atoms with Crippen molar-refractivity contribution in [2.45, 2.75) is 27.1 Å². The van der Waals surface area contributed by atoms with Gasteiger partial charge in [0, 0.05) is 16.3 Å². The maximum absolute atomic E-state index is 12.3. The highest BCUT2D eigenvalue weighted by molar-refractivity contribution is 6.16. The molecule has 0 spiro atoms. The molecule has 0 aliphatic carbocycles. The number of hydrogen-bond acceptors (Lipinski definition) is 4. The number of nitrogens with zero attached hydrogens (tertiary/aromatic N) is 1. The second kappa shape index (κ2) is 6.30. The van der Waals surface area contributed by atoms with E-state index in [1.165, 1.54) is 6.08 Å². The molecule has 2 aliphatic rings. The summed E-state index contributed by atoms with van der Waals surface area (Å²) in [5.74, 6) is -0.584. The Kier molecular flexibility index (Phi) is 4.34. The van der Waals surface area contributed by atoms with Gasteiger partial charge < -0.3 is 14.8 Å². The summed E-state index contributed by atoms with van der Waals surface area (Å²) in [6.45, 7) is 6.85. The molecular formula is C18H20N2O4. The molecular weight excluding hydrogens is 308 g/mol. The minimum atomic E-state index is -0.725. The van der Waals surface area contributed by atoms with Crippen molar-refractivity contribution >= 4 is 23.1 Å². The zero-order chi connectivity index (χ0) is 17.3. The lowest BCUT2D eigenvalue weighted by Gasteiger charge is -2.34. The van der Waals surface area contributed by atoms with Crippen LogP contribution in [-0.4, -0.2) is 31.3 Å². The number of allylic oxidation sites excluding steroid dienone is 1. The third-order valence-corrected chi connectivity index (χ3v) is 3.81. The van der Waals surface area contributed by atoms with Crippen molar-refractivity contribution in [3.05, 3.63) is 40.9 Å². The standard InChI is InChI=1S/C18H20N2O4/c1-4-5-14(21)19-11-6-7-13-12(8-11)15(16(22)20-13)17-23-9-18(2,3)10-24-17/h4-8,17H,9-10H2,1-3H3,(H,19,21). The van der Waals surface area contributed by atoms with E-state index in [9.17, 15) is 9.59 Å². The zero-order valence-corrected chi connectivity index (χ0v) is 14.0. The summed E-state index contributed by atoms with van der Waals surface area (Å²) < 4.78 is 11.5. The van der Waals surface area contributed by atoms with E-state index in [2.05, 4.69) is 10.3 Å². The number of benzene rings is 1. The summed E-state index contributed by atoms with van der Waals surface area (Å²) in [7, 11) is 0. The molecule has 1 saturated heterocycles. The van der Waals surface area contributed by atoms with Crippen LogP contribution in [0, 0.1) is 5.41 Å². The summed E-state index contributed by atoms with van der Waals surface area (Å²) in [6.07, 6.45) is 2.37. The molecule has 0 bridgehead atoms. The van der Waals surface area contributed by atoms with E-state index in [0.717, 1.165) is 0 Å². The number of carbonyl (C=O) groups is 2. The van der Waals surface area contributed by atoms with E-state index < -0.39 is 6.29 Å². The van der Waals surface area contributed by atoms with Crippen molar-refractivity contribution in [2.24, 2.45) is 10.4 Å². The minimum absolute atomic E-state index is 0.0823. The molecule has 2 aliphatic heterocycles. The summed E-state index contributed by atoms with van der Waals surface area (Å²) in [5.41, 5.74) is 0.902. The van der Waals surface area contributed by atoms with Crippen molar-refractivity contribution in [2.75, 3.05) is 18.5 Å². The van der Waals surface area contributed by atoms with E-state index in [1.54, 1.807) is 31.2 Å². The number of anilines is 1. The number of fused-ring (bicyclic) bond motifs is 1. The predicted molar refractivity (Wildman–Crippen MR) is 88.6 cm³/mol. The smallest absolute Gasteiger partial charge is 0.279 e. The van der Waals surface area contributed by atoms with Crippen LogP contribution in [0.4, 0.5) is 5.69 Å². The molecule has 6 heteroatoms. The normalized spacial score (nSPS) is 20.1. The van der Waals surface area contributed by atoms with Crippen molar-refractivity contribution in [3.63, 3.8) is 0 Å². The lowest BCUT2D eigenvalue weighted by atomic mass is 9.95. The van der Waals surface area contributed by atoms with Crippen molar-refractivity contribution < 1.29 is 19.1 Å². The number of nitrogens with one attached hydrogen (secondary N) is 1. The van der Waals surface area contributed by atoms with Crippen LogP contribution >= 0.6 is 0 Å². The average Bonchev–Trinajstić information content (AvgIpc) is 2.83. The van der Waals surface area contributed by atoms with Gasteiger partial charge >= 0.3 is 0 Å². The molecule has 1 N–H and O–H groups in total. The Morgan fingerprint density at radius 2 is 2.04 bits per heavy atom. The second-order valence-electron chi connectivity index (χ2n) is 6.67. The fourth-order valence-corrected chi connectivity index (χ4v) is 2.63. The third kappa shape index (κ3) is 3.29. The van der Waals surface area contributed by atoms with Gasteiger partial charge in [-0.05, 0) is 31.2 Å². The van der Waals surface area contributed by atoms with E-state index in [1.807, 2.05) is 13.8 Å². The van der Waals surface area contributed by atoms with Crippen molar-refractivity contribution in [3.8, 4) is 0 Å². The van der Waals surface area contributed by atoms with Gasteiger partial charge in [-0.1, -0.05) is 19.9 Å². The van der Waals surface area contributed by atoms with Gasteiger partial charge in [0.1, 0.15) is 0 Å². The van der Waals surface area contributed by atoms with Crippen LogP contribution in [0.3, 0.4) is 0 Å². The molecule has 1 fully saturated rings. The Morgan fingerprint density at radius 1 is 1.33 bits per heavy atom. The van der Waals surface area contributed by atoms with Crippen LogP contribution in [0.2, 0.25) is 0 Å². The highest BCUT2D eigenvalue weighted by atomic mass is 16.7. The molecule has 0 saturated carbocycles. The fourth-order valence-electron chi connectivity index (χ4n) is 2.63. The molecule has 24 heavy (non-hydrogen) atoms. The minimum Gasteiger partial charge on any atom is -0.348 e. The summed E-state index contributed by atoms with van der Waals surface area (Å²) in [5, 5.41) is 3.96. The highest BCUT2D eigenvalue weighted by Gasteiger charge is 2.34. The largest absolute Gasteiger partial charge is 0.348 e. The molecule has 126 valence electrons. The van der Waals surface area contributed by atoms with Gasteiger partial charge in [0.25, 0.3) is 5.91 Å². The first-order chi connectivity index (χ1) is 11.4. The molecule has 6 nitrogen and oxygen atoms in total. The number of amides is 2. The Balaban J connectivity index is 1.95. The molecule has 0 aromatic heterocycles. The zero-order valence-electron chi connectivity index (χ0n) is 14.0. The number of ether oxygens (including phenoxy) is 2. The monoisotopic (exact) mass is 328 g/mol. The van der Waals surface area contributed by atoms with Gasteiger partial charge in [0.05, 0.1) is 24.1 Å². The number of carbonyl (C=O) groups excluding carboxylic acids is 2. The third-order valence-electron chi connectivity index (χ3n) is 3.81. The van der Waals surface area contributed by atoms with E-state index in [-0.39, 0.29) is 17.2 Å². The Morgan fingerprint density at radius 3 is 2.71 bits per heavy atom. The lowest BCUT2D eigenvalue weighted by molar-refractivity contribution is -0.193. The van der Waals surface area contributed by atoms with E-state index in [4.69, 9.17) is 9.47 Å². The van der Waals surface area contributed by atoms with Crippen molar-refractivity contribution in [1.29, 1.82) is 0 Å². The first-order valence-corrected chi connectivity index (χ1v) is 7.84. The van der Waals surface area contributed by atoms with Crippen LogP contribution in [0.15, 0.2) is 35.3 Å². The Hall–Kier alpha value is -2.31. The fraction of sp³-hybridized carbons (Fsp3) is 0.389. The SMILES string of the molecule is CC=CC(=O)Nc1ccc2c(c1)=C(C1OCC(C)(C)CO1)C(=O)N=2. The molecule has 0 atom stereocenters. The van der Waals surface area contributed by atoms with Gasteiger partial charge in [0.2, 0.25) is 5.91 Å². The molecule has 1 aromatic rings. The first-order valence-electron chi connectivity index (χ1n) is 7.84. The second-order valence-corrected chi connectivity index (χ2v) is 6.67. The maximum Gasteiger partial charge on any atom is 0.279 e. The molecule has 1 aromatic carbocycles. The summed E-state index contributed by atoms with van der Waals surface area (Å²) >= 11 is 0. The van der Waals surface area contributed by atoms with Crippen LogP contribution in [-0.2, 0) is 19.1 Å². The van der Waals surface area contributed by atoms with Gasteiger partial charge in [-0.2, -0.15) is 0 Å². The topological polar surface area (TPSA) is 77.0 Å². The summed E-state index contributed by atoms with van der Waals surface area (Å²) in [4.78, 5) is 28.0. The van der Waals surface area contributed by atoms with E-state index >= 15 is 0 Å². The Bertz CT molecular complexity index is 829. The highest BCUT2D eigenvalue weighted by Crippen LogP contribution is 2.27. The average molecular weight is 328 g/mol. The van der Waals surface area contributed by atoms with Crippen LogP contribution < -0.4 is 15.9 Å². The first kappa shape index (κ1) is 16.5. The van der Waals surface area contributed by atoms with Gasteiger partial charge in [-0.3, -0.25) is 9.59 Å². The predicted octanol–water partition coefficient (Wildman–Crippen LogP) is 0.911.